The van der Waals surface area contributed by atoms with E-state index < -0.39 is 0 Å². The van der Waals surface area contributed by atoms with Crippen molar-refractivity contribution in [2.45, 2.75) is 45.1 Å². The molecule has 0 bridgehead atoms. The Morgan fingerprint density at radius 1 is 1.17 bits per heavy atom. The highest BCUT2D eigenvalue weighted by Crippen LogP contribution is 2.34. The lowest BCUT2D eigenvalue weighted by molar-refractivity contribution is -0.130. The second-order valence-corrected chi connectivity index (χ2v) is 5.78. The van der Waals surface area contributed by atoms with Gasteiger partial charge in [-0.1, -0.05) is 38.0 Å². The van der Waals surface area contributed by atoms with Crippen LogP contribution in [0.3, 0.4) is 0 Å². The maximum absolute atomic E-state index is 12.5. The van der Waals surface area contributed by atoms with E-state index in [2.05, 4.69) is 13.0 Å². The van der Waals surface area contributed by atoms with Gasteiger partial charge < -0.3 is 4.74 Å². The van der Waals surface area contributed by atoms with Crippen molar-refractivity contribution in [3.63, 3.8) is 0 Å². The van der Waals surface area contributed by atoms with E-state index in [1.807, 2.05) is 18.2 Å². The Labute approximate surface area is 108 Å². The summed E-state index contributed by atoms with van der Waals surface area (Å²) in [5.41, 5.74) is 1.18. The van der Waals surface area contributed by atoms with Gasteiger partial charge >= 0.3 is 0 Å². The second-order valence-electron chi connectivity index (χ2n) is 5.78. The zero-order chi connectivity index (χ0) is 12.5. The van der Waals surface area contributed by atoms with Gasteiger partial charge in [-0.25, -0.2) is 0 Å². The Balaban J connectivity index is 1.65. The fourth-order valence-corrected chi connectivity index (χ4v) is 3.15. The molecule has 0 saturated heterocycles. The number of hydrogen-bond acceptors (Lipinski definition) is 2. The normalized spacial score (nSPS) is 30.6. The highest BCUT2D eigenvalue weighted by molar-refractivity contribution is 5.87. The van der Waals surface area contributed by atoms with E-state index >= 15 is 0 Å². The van der Waals surface area contributed by atoms with Crippen LogP contribution in [-0.2, 0) is 11.2 Å². The molecule has 2 aliphatic rings. The second kappa shape index (κ2) is 4.75. The summed E-state index contributed by atoms with van der Waals surface area (Å²) < 4.78 is 5.80. The van der Waals surface area contributed by atoms with Crippen LogP contribution in [0.25, 0.3) is 0 Å². The molecule has 0 radical (unpaired) electrons. The lowest BCUT2D eigenvalue weighted by atomic mass is 9.79. The average molecular weight is 244 g/mol. The first-order chi connectivity index (χ1) is 8.74. The Morgan fingerprint density at radius 2 is 1.89 bits per heavy atom. The van der Waals surface area contributed by atoms with Crippen molar-refractivity contribution in [1.82, 2.24) is 0 Å². The molecular weight excluding hydrogens is 224 g/mol. The summed E-state index contributed by atoms with van der Waals surface area (Å²) in [5.74, 6) is 2.26. The lowest BCUT2D eigenvalue weighted by Crippen LogP contribution is -2.33. The summed E-state index contributed by atoms with van der Waals surface area (Å²) in [7, 11) is 0. The molecule has 1 atom stereocenters. The van der Waals surface area contributed by atoms with Gasteiger partial charge in [0.2, 0.25) is 0 Å². The molecule has 96 valence electrons. The van der Waals surface area contributed by atoms with E-state index in [0.29, 0.717) is 5.78 Å². The van der Waals surface area contributed by atoms with Crippen molar-refractivity contribution >= 4 is 5.78 Å². The van der Waals surface area contributed by atoms with Crippen molar-refractivity contribution in [2.75, 3.05) is 0 Å². The summed E-state index contributed by atoms with van der Waals surface area (Å²) in [4.78, 5) is 12.5. The molecule has 18 heavy (non-hydrogen) atoms. The Morgan fingerprint density at radius 3 is 2.61 bits per heavy atom. The molecular formula is C16H20O2. The number of hydrogen-bond donors (Lipinski definition) is 0. The predicted octanol–water partition coefficient (Wildman–Crippen LogP) is 3.39. The summed E-state index contributed by atoms with van der Waals surface area (Å²) >= 11 is 0. The lowest BCUT2D eigenvalue weighted by Gasteiger charge is -2.26. The minimum Gasteiger partial charge on any atom is -0.482 e. The average Bonchev–Trinajstić information content (AvgIpc) is 2.82. The number of carbonyl (C=O) groups is 1. The number of ether oxygens (including phenoxy) is 1. The maximum atomic E-state index is 12.5. The van der Waals surface area contributed by atoms with Crippen molar-refractivity contribution in [2.24, 2.45) is 11.8 Å². The van der Waals surface area contributed by atoms with Crippen molar-refractivity contribution in [1.29, 1.82) is 0 Å². The van der Waals surface area contributed by atoms with E-state index in [9.17, 15) is 4.79 Å². The van der Waals surface area contributed by atoms with Crippen LogP contribution in [0.2, 0.25) is 0 Å². The van der Waals surface area contributed by atoms with Crippen LogP contribution in [0, 0.1) is 11.8 Å². The van der Waals surface area contributed by atoms with Crippen LogP contribution >= 0.6 is 0 Å². The van der Waals surface area contributed by atoms with E-state index in [-0.39, 0.29) is 12.0 Å². The number of carbonyl (C=O) groups excluding carboxylic acids is 1. The van der Waals surface area contributed by atoms with Crippen molar-refractivity contribution < 1.29 is 9.53 Å². The van der Waals surface area contributed by atoms with Gasteiger partial charge in [0.1, 0.15) is 5.75 Å². The highest BCUT2D eigenvalue weighted by atomic mass is 16.5. The van der Waals surface area contributed by atoms with E-state index in [0.717, 1.165) is 30.9 Å². The first kappa shape index (κ1) is 11.8. The number of ketones is 1. The largest absolute Gasteiger partial charge is 0.482 e. The molecule has 0 spiro atoms. The van der Waals surface area contributed by atoms with Crippen LogP contribution in [0.15, 0.2) is 24.3 Å². The third-order valence-corrected chi connectivity index (χ3v) is 4.38. The summed E-state index contributed by atoms with van der Waals surface area (Å²) in [5, 5.41) is 0. The van der Waals surface area contributed by atoms with Gasteiger partial charge in [0.25, 0.3) is 0 Å². The molecule has 2 heteroatoms. The van der Waals surface area contributed by atoms with Gasteiger partial charge in [-0.15, -0.1) is 0 Å². The Kier molecular flexibility index (Phi) is 3.11. The number of Topliss-reactive ketones (excluding diaryl/α,β-unsaturated/α-hetero) is 1. The SMILES string of the molecule is CC1CCC(C(=O)C2Cc3ccccc3O2)CC1. The molecule has 2 nitrogen and oxygen atoms in total. The van der Waals surface area contributed by atoms with Gasteiger partial charge in [0.15, 0.2) is 11.9 Å². The van der Waals surface area contributed by atoms with Crippen LogP contribution < -0.4 is 4.74 Å². The number of benzene rings is 1. The fourth-order valence-electron chi connectivity index (χ4n) is 3.15. The van der Waals surface area contributed by atoms with Crippen molar-refractivity contribution in [3.8, 4) is 5.75 Å². The summed E-state index contributed by atoms with van der Waals surface area (Å²) in [6.07, 6.45) is 5.03. The molecule has 1 fully saturated rings. The summed E-state index contributed by atoms with van der Waals surface area (Å²) in [6.45, 7) is 2.28. The predicted molar refractivity (Wildman–Crippen MR) is 70.7 cm³/mol. The third kappa shape index (κ3) is 2.16. The quantitative estimate of drug-likeness (QED) is 0.797. The molecule has 1 aliphatic carbocycles. The first-order valence-corrected chi connectivity index (χ1v) is 7.02. The van der Waals surface area contributed by atoms with Crippen LogP contribution in [0.1, 0.15) is 38.2 Å². The minimum absolute atomic E-state index is 0.221. The van der Waals surface area contributed by atoms with Gasteiger partial charge in [-0.3, -0.25) is 4.79 Å². The molecule has 1 saturated carbocycles. The molecule has 3 rings (SSSR count). The zero-order valence-corrected chi connectivity index (χ0v) is 10.9. The zero-order valence-electron chi connectivity index (χ0n) is 10.9. The molecule has 1 unspecified atom stereocenters. The fraction of sp³-hybridized carbons (Fsp3) is 0.562. The highest BCUT2D eigenvalue weighted by Gasteiger charge is 2.34. The van der Waals surface area contributed by atoms with Gasteiger partial charge in [-0.2, -0.15) is 0 Å². The van der Waals surface area contributed by atoms with E-state index in [1.54, 1.807) is 0 Å². The van der Waals surface area contributed by atoms with E-state index in [1.165, 1.54) is 18.4 Å². The molecule has 1 aromatic carbocycles. The van der Waals surface area contributed by atoms with E-state index in [4.69, 9.17) is 4.74 Å². The summed E-state index contributed by atoms with van der Waals surface area (Å²) in [6, 6.07) is 8.00. The smallest absolute Gasteiger partial charge is 0.176 e. The molecule has 1 aliphatic heterocycles. The Hall–Kier alpha value is -1.31. The van der Waals surface area contributed by atoms with Crippen LogP contribution in [0.4, 0.5) is 0 Å². The monoisotopic (exact) mass is 244 g/mol. The topological polar surface area (TPSA) is 26.3 Å². The van der Waals surface area contributed by atoms with Crippen molar-refractivity contribution in [3.05, 3.63) is 29.8 Å². The van der Waals surface area contributed by atoms with Gasteiger partial charge in [0, 0.05) is 12.3 Å². The maximum Gasteiger partial charge on any atom is 0.176 e. The molecule has 1 aromatic rings. The number of para-hydroxylation sites is 1. The molecule has 0 amide bonds. The molecule has 0 aromatic heterocycles. The molecule has 1 heterocycles. The van der Waals surface area contributed by atoms with Gasteiger partial charge in [-0.05, 0) is 30.4 Å². The van der Waals surface area contributed by atoms with Gasteiger partial charge in [0.05, 0.1) is 0 Å². The standard InChI is InChI=1S/C16H20O2/c1-11-6-8-12(9-7-11)16(17)15-10-13-4-2-3-5-14(13)18-15/h2-5,11-12,15H,6-10H2,1H3. The Bertz CT molecular complexity index is 419. The number of rotatable bonds is 2. The van der Waals surface area contributed by atoms with Crippen LogP contribution in [-0.4, -0.2) is 11.9 Å². The minimum atomic E-state index is -0.221. The molecule has 0 N–H and O–H groups in total. The third-order valence-electron chi connectivity index (χ3n) is 4.38. The first-order valence-electron chi connectivity index (χ1n) is 7.02. The van der Waals surface area contributed by atoms with Crippen LogP contribution in [0.5, 0.6) is 5.75 Å². The number of fused-ring (bicyclic) bond motifs is 1.